The average molecular weight is 390 g/mol. The Hall–Kier alpha value is -1.76. The largest absolute Gasteiger partial charge is 0.573 e. The van der Waals surface area contributed by atoms with Gasteiger partial charge in [0.1, 0.15) is 5.75 Å². The van der Waals surface area contributed by atoms with Gasteiger partial charge in [-0.15, -0.1) is 25.6 Å². The van der Waals surface area contributed by atoms with Crippen LogP contribution >= 0.6 is 12.4 Å². The van der Waals surface area contributed by atoms with Gasteiger partial charge in [-0.25, -0.2) is 0 Å². The number of nitrogens with two attached hydrogens (primary N) is 1. The number of alkyl halides is 3. The van der Waals surface area contributed by atoms with E-state index in [-0.39, 0.29) is 24.2 Å². The summed E-state index contributed by atoms with van der Waals surface area (Å²) in [4.78, 5) is 0. The molecule has 0 bridgehead atoms. The number of ether oxygens (including phenoxy) is 1. The van der Waals surface area contributed by atoms with Crippen molar-refractivity contribution in [3.05, 3.63) is 65.7 Å². The first-order valence-electron chi connectivity index (χ1n) is 8.16. The summed E-state index contributed by atoms with van der Waals surface area (Å²) in [6, 6.07) is 15.2. The van der Waals surface area contributed by atoms with Crippen molar-refractivity contribution >= 4 is 12.4 Å². The van der Waals surface area contributed by atoms with Gasteiger partial charge >= 0.3 is 6.36 Å². The van der Waals surface area contributed by atoms with Gasteiger partial charge < -0.3 is 15.6 Å². The van der Waals surface area contributed by atoms with Crippen molar-refractivity contribution in [2.75, 3.05) is 0 Å². The summed E-state index contributed by atoms with van der Waals surface area (Å²) in [6.45, 7) is 0. The molecule has 144 valence electrons. The Morgan fingerprint density at radius 2 is 1.65 bits per heavy atom. The minimum Gasteiger partial charge on any atom is -0.406 e. The molecule has 0 aromatic heterocycles. The van der Waals surface area contributed by atoms with E-state index in [2.05, 4.69) is 4.74 Å². The lowest BCUT2D eigenvalue weighted by Crippen LogP contribution is -2.36. The average Bonchev–Trinajstić information content (AvgIpc) is 2.54. The van der Waals surface area contributed by atoms with Crippen molar-refractivity contribution in [3.8, 4) is 5.75 Å². The lowest BCUT2D eigenvalue weighted by Gasteiger charge is -2.19. The monoisotopic (exact) mass is 389 g/mol. The highest BCUT2D eigenvalue weighted by Gasteiger charge is 2.31. The molecule has 0 aliphatic carbocycles. The third-order valence-corrected chi connectivity index (χ3v) is 3.91. The molecule has 0 aliphatic heterocycles. The quantitative estimate of drug-likeness (QED) is 0.709. The maximum Gasteiger partial charge on any atom is 0.573 e. The van der Waals surface area contributed by atoms with Gasteiger partial charge in [0.2, 0.25) is 0 Å². The third-order valence-electron chi connectivity index (χ3n) is 3.91. The second kappa shape index (κ2) is 10.4. The molecule has 0 saturated carbocycles. The number of hydrogen-bond donors (Lipinski definition) is 2. The van der Waals surface area contributed by atoms with Crippen LogP contribution in [-0.4, -0.2) is 23.6 Å². The number of benzene rings is 2. The van der Waals surface area contributed by atoms with Crippen LogP contribution in [0.25, 0.3) is 0 Å². The fourth-order valence-corrected chi connectivity index (χ4v) is 2.65. The highest BCUT2D eigenvalue weighted by molar-refractivity contribution is 5.85. The topological polar surface area (TPSA) is 55.5 Å². The first-order valence-corrected chi connectivity index (χ1v) is 8.16. The van der Waals surface area contributed by atoms with E-state index in [1.54, 1.807) is 6.07 Å². The summed E-state index contributed by atoms with van der Waals surface area (Å²) in [7, 11) is 0. The fourth-order valence-electron chi connectivity index (χ4n) is 2.65. The minimum absolute atomic E-state index is 0. The molecule has 0 aliphatic rings. The molecule has 0 saturated heterocycles. The number of aryl methyl sites for hydroxylation is 1. The van der Waals surface area contributed by atoms with E-state index in [0.717, 1.165) is 11.1 Å². The summed E-state index contributed by atoms with van der Waals surface area (Å²) < 4.78 is 40.6. The molecule has 0 unspecified atom stereocenters. The summed E-state index contributed by atoms with van der Waals surface area (Å²) in [5.74, 6) is -0.230. The van der Waals surface area contributed by atoms with E-state index in [4.69, 9.17) is 5.73 Å². The Bertz CT molecular complexity index is 653. The van der Waals surface area contributed by atoms with Crippen molar-refractivity contribution in [1.29, 1.82) is 0 Å². The maximum absolute atomic E-state index is 12.2. The summed E-state index contributed by atoms with van der Waals surface area (Å²) in [5, 5.41) is 10.2. The Labute approximate surface area is 157 Å². The fraction of sp³-hybridized carbons (Fsp3) is 0.368. The standard InChI is InChI=1S/C19H22F3NO2.ClH/c20-19(21,22)25-16-10-4-8-14(12-16)9-5-11-18(24)17(23)13-15-6-2-1-3-7-15;/h1-4,6-8,10,12,17-18,24H,5,9,11,13,23H2;1H/t17-,18+;/m0./s1. The van der Waals surface area contributed by atoms with E-state index >= 15 is 0 Å². The molecule has 7 heteroatoms. The molecule has 2 aromatic carbocycles. The Kier molecular flexibility index (Phi) is 8.92. The van der Waals surface area contributed by atoms with Gasteiger partial charge in [-0.1, -0.05) is 42.5 Å². The summed E-state index contributed by atoms with van der Waals surface area (Å²) >= 11 is 0. The lowest BCUT2D eigenvalue weighted by molar-refractivity contribution is -0.274. The molecule has 0 spiro atoms. The Morgan fingerprint density at radius 3 is 2.31 bits per heavy atom. The Morgan fingerprint density at radius 1 is 1.00 bits per heavy atom. The van der Waals surface area contributed by atoms with Gasteiger partial charge in [0.15, 0.2) is 0 Å². The zero-order chi connectivity index (χ0) is 18.3. The van der Waals surface area contributed by atoms with Crippen molar-refractivity contribution in [3.63, 3.8) is 0 Å². The molecule has 2 atom stereocenters. The van der Waals surface area contributed by atoms with Crippen LogP contribution in [0.1, 0.15) is 24.0 Å². The van der Waals surface area contributed by atoms with Gasteiger partial charge in [-0.3, -0.25) is 0 Å². The summed E-state index contributed by atoms with van der Waals surface area (Å²) in [5.41, 5.74) is 7.82. The van der Waals surface area contributed by atoms with Crippen LogP contribution in [0.4, 0.5) is 13.2 Å². The van der Waals surface area contributed by atoms with Crippen LogP contribution in [0, 0.1) is 0 Å². The SMILES string of the molecule is Cl.N[C@@H](Cc1ccccc1)[C@H](O)CCCc1cccc(OC(F)(F)F)c1. The smallest absolute Gasteiger partial charge is 0.406 e. The molecule has 0 amide bonds. The minimum atomic E-state index is -4.70. The zero-order valence-corrected chi connectivity index (χ0v) is 15.0. The van der Waals surface area contributed by atoms with Crippen LogP contribution in [0.15, 0.2) is 54.6 Å². The van der Waals surface area contributed by atoms with E-state index < -0.39 is 12.5 Å². The predicted molar refractivity (Wildman–Crippen MR) is 97.4 cm³/mol. The second-order valence-corrected chi connectivity index (χ2v) is 6.01. The van der Waals surface area contributed by atoms with Gasteiger partial charge in [-0.2, -0.15) is 0 Å². The van der Waals surface area contributed by atoms with Gasteiger partial charge in [-0.05, 0) is 48.9 Å². The third kappa shape index (κ3) is 8.08. The molecule has 3 nitrogen and oxygen atoms in total. The molecule has 3 N–H and O–H groups in total. The zero-order valence-electron chi connectivity index (χ0n) is 14.2. The number of aliphatic hydroxyl groups is 1. The van der Waals surface area contributed by atoms with Crippen molar-refractivity contribution in [2.45, 2.75) is 44.2 Å². The first-order chi connectivity index (χ1) is 11.8. The normalized spacial score (nSPS) is 13.6. The molecule has 0 heterocycles. The van der Waals surface area contributed by atoms with Crippen LogP contribution in [0.2, 0.25) is 0 Å². The lowest BCUT2D eigenvalue weighted by atomic mass is 9.97. The number of hydrogen-bond acceptors (Lipinski definition) is 3. The highest BCUT2D eigenvalue weighted by atomic mass is 35.5. The van der Waals surface area contributed by atoms with E-state index in [0.29, 0.717) is 25.7 Å². The predicted octanol–water partition coefficient (Wildman–Crippen LogP) is 4.26. The molecule has 0 radical (unpaired) electrons. The molecular formula is C19H23ClF3NO2. The van der Waals surface area contributed by atoms with Crippen molar-refractivity contribution < 1.29 is 23.0 Å². The Balaban J connectivity index is 0.00000338. The maximum atomic E-state index is 12.2. The van der Waals surface area contributed by atoms with E-state index in [1.165, 1.54) is 18.2 Å². The molecule has 2 rings (SSSR count). The van der Waals surface area contributed by atoms with E-state index in [9.17, 15) is 18.3 Å². The molecule has 0 fully saturated rings. The van der Waals surface area contributed by atoms with Gasteiger partial charge in [0, 0.05) is 6.04 Å². The van der Waals surface area contributed by atoms with E-state index in [1.807, 2.05) is 30.3 Å². The molecule has 2 aromatic rings. The van der Waals surface area contributed by atoms with Crippen LogP contribution in [0.5, 0.6) is 5.75 Å². The summed E-state index contributed by atoms with van der Waals surface area (Å²) in [6.07, 6.45) is -3.12. The number of aliphatic hydroxyl groups excluding tert-OH is 1. The van der Waals surface area contributed by atoms with Gasteiger partial charge in [0.05, 0.1) is 6.10 Å². The van der Waals surface area contributed by atoms with Crippen LogP contribution in [-0.2, 0) is 12.8 Å². The van der Waals surface area contributed by atoms with Crippen LogP contribution in [0.3, 0.4) is 0 Å². The molecular weight excluding hydrogens is 367 g/mol. The number of halogens is 4. The van der Waals surface area contributed by atoms with Crippen LogP contribution < -0.4 is 10.5 Å². The number of rotatable bonds is 8. The first kappa shape index (κ1) is 22.3. The van der Waals surface area contributed by atoms with Crippen molar-refractivity contribution in [2.24, 2.45) is 5.73 Å². The highest BCUT2D eigenvalue weighted by Crippen LogP contribution is 2.24. The molecule has 26 heavy (non-hydrogen) atoms. The van der Waals surface area contributed by atoms with Crippen molar-refractivity contribution in [1.82, 2.24) is 0 Å². The van der Waals surface area contributed by atoms with Gasteiger partial charge in [0.25, 0.3) is 0 Å². The second-order valence-electron chi connectivity index (χ2n) is 6.01.